The number of nitrogens with zero attached hydrogens (tertiary/aromatic N) is 2. The molecule has 0 unspecified atom stereocenters. The van der Waals surface area contributed by atoms with E-state index in [-0.39, 0.29) is 30.4 Å². The Bertz CT molecular complexity index is 567. The molecule has 3 heterocycles. The normalized spacial score (nSPS) is 22.6. The predicted molar refractivity (Wildman–Crippen MR) is 73.6 cm³/mol. The topological polar surface area (TPSA) is 69.7 Å². The van der Waals surface area contributed by atoms with Gasteiger partial charge in [0.15, 0.2) is 0 Å². The van der Waals surface area contributed by atoms with E-state index in [1.807, 2.05) is 19.1 Å². The largest absolute Gasteiger partial charge is 0.336 e. The molecule has 6 nitrogen and oxygen atoms in total. The molecule has 7 heteroatoms. The van der Waals surface area contributed by atoms with Crippen LogP contribution < -0.4 is 5.32 Å². The summed E-state index contributed by atoms with van der Waals surface area (Å²) in [5.74, 6) is -0.223. The SMILES string of the molecule is Cc1ccc(C(=O)N2CC[C@H](N3C(=O)CNC3=O)C2)s1. The molecule has 3 rings (SSSR count). The van der Waals surface area contributed by atoms with Crippen molar-refractivity contribution in [3.05, 3.63) is 21.9 Å². The molecule has 0 aliphatic carbocycles. The minimum atomic E-state index is -0.346. The van der Waals surface area contributed by atoms with Crippen LogP contribution in [-0.2, 0) is 4.79 Å². The Kier molecular flexibility index (Phi) is 3.21. The molecule has 1 aromatic rings. The molecular formula is C13H15N3O3S. The summed E-state index contributed by atoms with van der Waals surface area (Å²) >= 11 is 1.47. The van der Waals surface area contributed by atoms with Gasteiger partial charge in [-0.3, -0.25) is 14.5 Å². The Labute approximate surface area is 120 Å². The zero-order chi connectivity index (χ0) is 14.3. The lowest BCUT2D eigenvalue weighted by Gasteiger charge is -2.21. The fourth-order valence-corrected chi connectivity index (χ4v) is 3.48. The molecule has 0 spiro atoms. The average molecular weight is 293 g/mol. The number of imide groups is 1. The van der Waals surface area contributed by atoms with Crippen molar-refractivity contribution in [2.24, 2.45) is 0 Å². The number of urea groups is 1. The van der Waals surface area contributed by atoms with Gasteiger partial charge in [0.2, 0.25) is 5.91 Å². The van der Waals surface area contributed by atoms with Crippen LogP contribution in [0.15, 0.2) is 12.1 Å². The fraction of sp³-hybridized carbons (Fsp3) is 0.462. The summed E-state index contributed by atoms with van der Waals surface area (Å²) in [6.07, 6.45) is 0.648. The standard InChI is InChI=1S/C13H15N3O3S/c1-8-2-3-10(20-8)12(18)15-5-4-9(7-15)16-11(17)6-14-13(16)19/h2-3,9H,4-7H2,1H3,(H,14,19)/t9-/m0/s1. The molecule has 1 atom stereocenters. The van der Waals surface area contributed by atoms with E-state index in [4.69, 9.17) is 0 Å². The molecule has 0 radical (unpaired) electrons. The van der Waals surface area contributed by atoms with Crippen LogP contribution in [0.25, 0.3) is 0 Å². The van der Waals surface area contributed by atoms with Gasteiger partial charge in [-0.15, -0.1) is 11.3 Å². The summed E-state index contributed by atoms with van der Waals surface area (Å²) < 4.78 is 0. The summed E-state index contributed by atoms with van der Waals surface area (Å²) in [5.41, 5.74) is 0. The first kappa shape index (κ1) is 13.1. The fourth-order valence-electron chi connectivity index (χ4n) is 2.65. The Morgan fingerprint density at radius 3 is 2.80 bits per heavy atom. The minimum absolute atomic E-state index is 0.0161. The van der Waals surface area contributed by atoms with Crippen LogP contribution in [-0.4, -0.2) is 53.3 Å². The highest BCUT2D eigenvalue weighted by atomic mass is 32.1. The Hall–Kier alpha value is -1.89. The number of aryl methyl sites for hydroxylation is 1. The molecule has 106 valence electrons. The highest BCUT2D eigenvalue weighted by molar-refractivity contribution is 7.13. The van der Waals surface area contributed by atoms with Gasteiger partial charge in [0, 0.05) is 18.0 Å². The first-order valence-electron chi connectivity index (χ1n) is 6.52. The van der Waals surface area contributed by atoms with E-state index >= 15 is 0 Å². The van der Waals surface area contributed by atoms with E-state index in [2.05, 4.69) is 5.32 Å². The van der Waals surface area contributed by atoms with Crippen molar-refractivity contribution in [2.75, 3.05) is 19.6 Å². The van der Waals surface area contributed by atoms with E-state index in [0.717, 1.165) is 4.88 Å². The number of nitrogens with one attached hydrogen (secondary N) is 1. The first-order chi connectivity index (χ1) is 9.56. The van der Waals surface area contributed by atoms with Crippen molar-refractivity contribution in [3.63, 3.8) is 0 Å². The van der Waals surface area contributed by atoms with Gasteiger partial charge >= 0.3 is 6.03 Å². The molecule has 2 fully saturated rings. The Morgan fingerprint density at radius 1 is 1.40 bits per heavy atom. The van der Waals surface area contributed by atoms with Crippen LogP contribution in [0, 0.1) is 6.92 Å². The van der Waals surface area contributed by atoms with Gasteiger partial charge in [-0.25, -0.2) is 4.79 Å². The average Bonchev–Trinajstić information content (AvgIpc) is 3.10. The number of hydrogen-bond donors (Lipinski definition) is 1. The van der Waals surface area contributed by atoms with Crippen LogP contribution in [0.2, 0.25) is 0 Å². The van der Waals surface area contributed by atoms with Crippen molar-refractivity contribution in [2.45, 2.75) is 19.4 Å². The van der Waals surface area contributed by atoms with Crippen LogP contribution in [0.4, 0.5) is 4.79 Å². The molecule has 0 saturated carbocycles. The number of carbonyl (C=O) groups is 3. The second kappa shape index (κ2) is 4.90. The molecular weight excluding hydrogens is 278 g/mol. The summed E-state index contributed by atoms with van der Waals surface area (Å²) in [7, 11) is 0. The lowest BCUT2D eigenvalue weighted by molar-refractivity contribution is -0.126. The number of carbonyl (C=O) groups excluding carboxylic acids is 3. The van der Waals surface area contributed by atoms with E-state index in [0.29, 0.717) is 24.4 Å². The number of likely N-dealkylation sites (tertiary alicyclic amines) is 1. The quantitative estimate of drug-likeness (QED) is 0.821. The third-order valence-electron chi connectivity index (χ3n) is 3.65. The van der Waals surface area contributed by atoms with Gasteiger partial charge in [0.25, 0.3) is 5.91 Å². The van der Waals surface area contributed by atoms with Gasteiger partial charge in [0.1, 0.15) is 0 Å². The van der Waals surface area contributed by atoms with E-state index < -0.39 is 0 Å². The second-order valence-corrected chi connectivity index (χ2v) is 6.31. The molecule has 20 heavy (non-hydrogen) atoms. The van der Waals surface area contributed by atoms with Crippen LogP contribution >= 0.6 is 11.3 Å². The van der Waals surface area contributed by atoms with Crippen LogP contribution in [0.5, 0.6) is 0 Å². The molecule has 4 amide bonds. The lowest BCUT2D eigenvalue weighted by atomic mass is 10.2. The van der Waals surface area contributed by atoms with Gasteiger partial charge < -0.3 is 10.2 Å². The third kappa shape index (κ3) is 2.18. The highest BCUT2D eigenvalue weighted by Crippen LogP contribution is 2.23. The van der Waals surface area contributed by atoms with Crippen molar-refractivity contribution in [3.8, 4) is 0 Å². The zero-order valence-electron chi connectivity index (χ0n) is 11.1. The van der Waals surface area contributed by atoms with Gasteiger partial charge in [-0.05, 0) is 25.5 Å². The van der Waals surface area contributed by atoms with E-state index in [1.54, 1.807) is 4.90 Å². The Morgan fingerprint density at radius 2 is 2.20 bits per heavy atom. The van der Waals surface area contributed by atoms with Gasteiger partial charge in [-0.1, -0.05) is 0 Å². The number of hydrogen-bond acceptors (Lipinski definition) is 4. The number of amides is 4. The molecule has 1 N–H and O–H groups in total. The molecule has 1 aromatic heterocycles. The maximum atomic E-state index is 12.3. The summed E-state index contributed by atoms with van der Waals surface area (Å²) in [5, 5.41) is 2.51. The second-order valence-electron chi connectivity index (χ2n) is 5.03. The molecule has 2 aliphatic heterocycles. The predicted octanol–water partition coefficient (Wildman–Crippen LogP) is 0.823. The summed E-state index contributed by atoms with van der Waals surface area (Å²) in [4.78, 5) is 40.4. The third-order valence-corrected chi connectivity index (χ3v) is 4.63. The molecule has 2 aliphatic rings. The van der Waals surface area contributed by atoms with E-state index in [1.165, 1.54) is 16.2 Å². The number of thiophene rings is 1. The maximum Gasteiger partial charge on any atom is 0.324 e. The van der Waals surface area contributed by atoms with Crippen LogP contribution in [0.3, 0.4) is 0 Å². The molecule has 0 aromatic carbocycles. The summed E-state index contributed by atoms with van der Waals surface area (Å²) in [6, 6.07) is 3.20. The number of rotatable bonds is 2. The Balaban J connectivity index is 1.69. The smallest absolute Gasteiger partial charge is 0.324 e. The minimum Gasteiger partial charge on any atom is -0.336 e. The maximum absolute atomic E-state index is 12.3. The first-order valence-corrected chi connectivity index (χ1v) is 7.33. The highest BCUT2D eigenvalue weighted by Gasteiger charge is 2.39. The van der Waals surface area contributed by atoms with Crippen molar-refractivity contribution in [1.82, 2.24) is 15.1 Å². The van der Waals surface area contributed by atoms with Crippen molar-refractivity contribution >= 4 is 29.2 Å². The van der Waals surface area contributed by atoms with Gasteiger partial charge in [-0.2, -0.15) is 0 Å². The zero-order valence-corrected chi connectivity index (χ0v) is 11.9. The monoisotopic (exact) mass is 293 g/mol. The van der Waals surface area contributed by atoms with E-state index in [9.17, 15) is 14.4 Å². The van der Waals surface area contributed by atoms with Gasteiger partial charge in [0.05, 0.1) is 17.5 Å². The van der Waals surface area contributed by atoms with Crippen molar-refractivity contribution in [1.29, 1.82) is 0 Å². The molecule has 2 saturated heterocycles. The van der Waals surface area contributed by atoms with Crippen molar-refractivity contribution < 1.29 is 14.4 Å². The summed E-state index contributed by atoms with van der Waals surface area (Å²) in [6.45, 7) is 3.03. The lowest BCUT2D eigenvalue weighted by Crippen LogP contribution is -2.42. The molecule has 0 bridgehead atoms. The van der Waals surface area contributed by atoms with Crippen LogP contribution in [0.1, 0.15) is 21.0 Å².